The van der Waals surface area contributed by atoms with Gasteiger partial charge in [0.2, 0.25) is 0 Å². The van der Waals surface area contributed by atoms with Crippen LogP contribution in [0.1, 0.15) is 30.1 Å². The molecule has 0 unspecified atom stereocenters. The smallest absolute Gasteiger partial charge is 0.256 e. The number of piperidine rings is 1. The van der Waals surface area contributed by atoms with E-state index >= 15 is 0 Å². The molecule has 1 aliphatic rings. The van der Waals surface area contributed by atoms with E-state index in [0.29, 0.717) is 11.3 Å². The van der Waals surface area contributed by atoms with Gasteiger partial charge in [-0.2, -0.15) is 15.0 Å². The monoisotopic (exact) mass is 440 g/mol. The standard InChI is InChI=1S/C20H21BrN6O/c1-14-17(25-19-9-8-15(21)13-22-19)6-4-12-26(14)20(28)16-5-2-3-7-18(16)27-23-10-11-24-27/h2-3,5,7-11,13-14,17H,4,6,12H2,1H3,(H,22,25)/t14-,17-/m0/s1. The molecule has 3 heterocycles. The van der Waals surface area contributed by atoms with E-state index in [1.165, 1.54) is 4.80 Å². The zero-order chi connectivity index (χ0) is 19.5. The molecule has 0 saturated carbocycles. The number of halogens is 1. The molecule has 1 aromatic carbocycles. The lowest BCUT2D eigenvalue weighted by Gasteiger charge is -2.40. The van der Waals surface area contributed by atoms with E-state index in [9.17, 15) is 4.79 Å². The lowest BCUT2D eigenvalue weighted by atomic mass is 9.96. The first-order chi connectivity index (χ1) is 13.6. The summed E-state index contributed by atoms with van der Waals surface area (Å²) in [5, 5.41) is 11.8. The van der Waals surface area contributed by atoms with Gasteiger partial charge in [-0.05, 0) is 60.0 Å². The zero-order valence-electron chi connectivity index (χ0n) is 15.5. The number of hydrogen-bond donors (Lipinski definition) is 1. The summed E-state index contributed by atoms with van der Waals surface area (Å²) in [5.41, 5.74) is 1.29. The summed E-state index contributed by atoms with van der Waals surface area (Å²) >= 11 is 3.40. The molecule has 1 amide bonds. The molecular weight excluding hydrogens is 420 g/mol. The van der Waals surface area contributed by atoms with Gasteiger partial charge >= 0.3 is 0 Å². The molecule has 1 saturated heterocycles. The van der Waals surface area contributed by atoms with E-state index in [1.54, 1.807) is 18.6 Å². The summed E-state index contributed by atoms with van der Waals surface area (Å²) in [7, 11) is 0. The molecule has 2 aromatic heterocycles. The topological polar surface area (TPSA) is 75.9 Å². The van der Waals surface area contributed by atoms with Gasteiger partial charge in [0.1, 0.15) is 5.82 Å². The summed E-state index contributed by atoms with van der Waals surface area (Å²) in [6, 6.07) is 11.5. The van der Waals surface area contributed by atoms with Gasteiger partial charge in [-0.1, -0.05) is 12.1 Å². The summed E-state index contributed by atoms with van der Waals surface area (Å²) in [5.74, 6) is 0.811. The van der Waals surface area contributed by atoms with E-state index in [-0.39, 0.29) is 18.0 Å². The summed E-state index contributed by atoms with van der Waals surface area (Å²) in [6.07, 6.45) is 6.91. The normalized spacial score (nSPS) is 19.4. The van der Waals surface area contributed by atoms with Crippen LogP contribution in [0.25, 0.3) is 5.69 Å². The molecule has 2 atom stereocenters. The van der Waals surface area contributed by atoms with Crippen LogP contribution in [0.2, 0.25) is 0 Å². The molecular formula is C20H21BrN6O. The van der Waals surface area contributed by atoms with Gasteiger partial charge in [0.15, 0.2) is 0 Å². The molecule has 0 aliphatic carbocycles. The molecule has 0 bridgehead atoms. The van der Waals surface area contributed by atoms with Crippen LogP contribution in [-0.2, 0) is 0 Å². The first-order valence-corrected chi connectivity index (χ1v) is 10.1. The molecule has 0 radical (unpaired) electrons. The lowest BCUT2D eigenvalue weighted by molar-refractivity contribution is 0.0616. The largest absolute Gasteiger partial charge is 0.365 e. The van der Waals surface area contributed by atoms with Crippen LogP contribution in [0.3, 0.4) is 0 Å². The maximum atomic E-state index is 13.4. The van der Waals surface area contributed by atoms with Gasteiger partial charge in [-0.3, -0.25) is 4.79 Å². The van der Waals surface area contributed by atoms with Crippen LogP contribution in [0.15, 0.2) is 59.5 Å². The first-order valence-electron chi connectivity index (χ1n) is 9.28. The van der Waals surface area contributed by atoms with Crippen molar-refractivity contribution in [1.82, 2.24) is 24.9 Å². The molecule has 4 rings (SSSR count). The van der Waals surface area contributed by atoms with Crippen LogP contribution in [0, 0.1) is 0 Å². The molecule has 1 N–H and O–H groups in total. The van der Waals surface area contributed by atoms with Crippen molar-refractivity contribution < 1.29 is 4.79 Å². The first kappa shape index (κ1) is 18.6. The molecule has 28 heavy (non-hydrogen) atoms. The predicted octanol–water partition coefficient (Wildman–Crippen LogP) is 3.53. The highest BCUT2D eigenvalue weighted by atomic mass is 79.9. The molecule has 7 nitrogen and oxygen atoms in total. The van der Waals surface area contributed by atoms with Gasteiger partial charge in [-0.25, -0.2) is 4.98 Å². The fourth-order valence-corrected chi connectivity index (χ4v) is 3.83. The maximum Gasteiger partial charge on any atom is 0.256 e. The molecule has 144 valence electrons. The number of para-hydroxylation sites is 1. The van der Waals surface area contributed by atoms with E-state index in [1.807, 2.05) is 41.3 Å². The third-order valence-electron chi connectivity index (χ3n) is 5.08. The number of pyridine rings is 1. The second-order valence-electron chi connectivity index (χ2n) is 6.83. The number of nitrogens with one attached hydrogen (secondary N) is 1. The highest BCUT2D eigenvalue weighted by Gasteiger charge is 2.32. The van der Waals surface area contributed by atoms with Gasteiger partial charge < -0.3 is 10.2 Å². The van der Waals surface area contributed by atoms with Crippen LogP contribution < -0.4 is 5.32 Å². The number of benzene rings is 1. The Hall–Kier alpha value is -2.74. The van der Waals surface area contributed by atoms with Crippen LogP contribution in [0.4, 0.5) is 5.82 Å². The number of hydrogen-bond acceptors (Lipinski definition) is 5. The van der Waals surface area contributed by atoms with Crippen molar-refractivity contribution in [3.05, 3.63) is 65.0 Å². The number of aromatic nitrogens is 4. The highest BCUT2D eigenvalue weighted by Crippen LogP contribution is 2.25. The van der Waals surface area contributed by atoms with E-state index < -0.39 is 0 Å². The predicted molar refractivity (Wildman–Crippen MR) is 110 cm³/mol. The third kappa shape index (κ3) is 3.77. The highest BCUT2D eigenvalue weighted by molar-refractivity contribution is 9.10. The number of anilines is 1. The van der Waals surface area contributed by atoms with Crippen molar-refractivity contribution >= 4 is 27.7 Å². The summed E-state index contributed by atoms with van der Waals surface area (Å²) < 4.78 is 0.940. The van der Waals surface area contributed by atoms with Crippen molar-refractivity contribution in [2.24, 2.45) is 0 Å². The Kier molecular flexibility index (Phi) is 5.38. The van der Waals surface area contributed by atoms with Gasteiger partial charge in [0.05, 0.1) is 23.6 Å². The Bertz CT molecular complexity index is 944. The van der Waals surface area contributed by atoms with Gasteiger partial charge in [0.25, 0.3) is 5.91 Å². The van der Waals surface area contributed by atoms with Crippen LogP contribution in [0.5, 0.6) is 0 Å². The molecule has 0 spiro atoms. The number of rotatable bonds is 4. The lowest BCUT2D eigenvalue weighted by Crippen LogP contribution is -2.52. The molecule has 1 fully saturated rings. The fourth-order valence-electron chi connectivity index (χ4n) is 3.60. The van der Waals surface area contributed by atoms with Gasteiger partial charge in [0, 0.05) is 29.3 Å². The Morgan fingerprint density at radius 1 is 1.18 bits per heavy atom. The Balaban J connectivity index is 1.56. The van der Waals surface area contributed by atoms with Gasteiger partial charge in [-0.15, -0.1) is 0 Å². The average Bonchev–Trinajstić information content (AvgIpc) is 3.25. The molecule has 8 heteroatoms. The van der Waals surface area contributed by atoms with Crippen molar-refractivity contribution in [3.8, 4) is 5.69 Å². The molecule has 1 aliphatic heterocycles. The Morgan fingerprint density at radius 2 is 1.96 bits per heavy atom. The Labute approximate surface area is 171 Å². The van der Waals surface area contributed by atoms with Crippen molar-refractivity contribution in [2.75, 3.05) is 11.9 Å². The average molecular weight is 441 g/mol. The van der Waals surface area contributed by atoms with E-state index in [4.69, 9.17) is 0 Å². The minimum atomic E-state index is -0.00401. The number of carbonyl (C=O) groups excluding carboxylic acids is 1. The van der Waals surface area contributed by atoms with Crippen molar-refractivity contribution in [2.45, 2.75) is 31.8 Å². The van der Waals surface area contributed by atoms with Crippen LogP contribution >= 0.6 is 15.9 Å². The minimum Gasteiger partial charge on any atom is -0.365 e. The minimum absolute atomic E-state index is 0.00401. The number of likely N-dealkylation sites (tertiary alicyclic amines) is 1. The Morgan fingerprint density at radius 3 is 2.71 bits per heavy atom. The van der Waals surface area contributed by atoms with Crippen molar-refractivity contribution in [3.63, 3.8) is 0 Å². The SMILES string of the molecule is C[C@H]1[C@@H](Nc2ccc(Br)cn2)CCCN1C(=O)c1ccccc1-n1nccn1. The van der Waals surface area contributed by atoms with E-state index in [0.717, 1.165) is 29.7 Å². The van der Waals surface area contributed by atoms with Crippen molar-refractivity contribution in [1.29, 1.82) is 0 Å². The fraction of sp³-hybridized carbons (Fsp3) is 0.300. The summed E-state index contributed by atoms with van der Waals surface area (Å²) in [6.45, 7) is 2.81. The maximum absolute atomic E-state index is 13.4. The van der Waals surface area contributed by atoms with E-state index in [2.05, 4.69) is 43.4 Å². The quantitative estimate of drug-likeness (QED) is 0.671. The number of carbonyl (C=O) groups is 1. The van der Waals surface area contributed by atoms with Crippen LogP contribution in [-0.4, -0.2) is 49.4 Å². The number of nitrogens with zero attached hydrogens (tertiary/aromatic N) is 5. The zero-order valence-corrected chi connectivity index (χ0v) is 17.1. The molecule has 3 aromatic rings. The number of amides is 1. The second-order valence-corrected chi connectivity index (χ2v) is 7.75. The third-order valence-corrected chi connectivity index (χ3v) is 5.55. The summed E-state index contributed by atoms with van der Waals surface area (Å²) in [4.78, 5) is 21.2. The second kappa shape index (κ2) is 8.10.